The highest BCUT2D eigenvalue weighted by molar-refractivity contribution is 4.66. The van der Waals surface area contributed by atoms with Crippen LogP contribution in [0.25, 0.3) is 0 Å². The van der Waals surface area contributed by atoms with Crippen molar-refractivity contribution < 1.29 is 0 Å². The molecule has 0 bridgehead atoms. The largest absolute Gasteiger partial charge is 0.0654 e. The maximum absolute atomic E-state index is 2.44. The van der Waals surface area contributed by atoms with Gasteiger partial charge in [-0.15, -0.1) is 0 Å². The third kappa shape index (κ3) is 9.68. The average molecular weight is 240 g/mol. The van der Waals surface area contributed by atoms with Gasteiger partial charge in [0.1, 0.15) is 0 Å². The topological polar surface area (TPSA) is 0 Å². The van der Waals surface area contributed by atoms with Crippen LogP contribution in [0.2, 0.25) is 0 Å². The summed E-state index contributed by atoms with van der Waals surface area (Å²) >= 11 is 0. The molecule has 0 amide bonds. The smallest absolute Gasteiger partial charge is 0.0412 e. The van der Waals surface area contributed by atoms with E-state index in [1.165, 1.54) is 57.8 Å². The summed E-state index contributed by atoms with van der Waals surface area (Å²) in [6.45, 7) is 11.8. The van der Waals surface area contributed by atoms with Crippen molar-refractivity contribution in [3.63, 3.8) is 0 Å². The fraction of sp³-hybridized carbons (Fsp3) is 1.00. The van der Waals surface area contributed by atoms with Crippen molar-refractivity contribution >= 4 is 0 Å². The molecular formula is C17H36. The molecule has 0 aliphatic carbocycles. The van der Waals surface area contributed by atoms with Gasteiger partial charge in [0.15, 0.2) is 0 Å². The zero-order valence-electron chi connectivity index (χ0n) is 13.1. The van der Waals surface area contributed by atoms with E-state index in [4.69, 9.17) is 0 Å². The highest BCUT2D eigenvalue weighted by Crippen LogP contribution is 2.27. The molecule has 0 aromatic heterocycles. The van der Waals surface area contributed by atoms with Crippen LogP contribution >= 0.6 is 0 Å². The Morgan fingerprint density at radius 1 is 0.706 bits per heavy atom. The molecule has 0 N–H and O–H groups in total. The predicted molar refractivity (Wildman–Crippen MR) is 80.4 cm³/mol. The van der Waals surface area contributed by atoms with Gasteiger partial charge in [0, 0.05) is 0 Å². The van der Waals surface area contributed by atoms with Crippen molar-refractivity contribution in [3.05, 3.63) is 0 Å². The van der Waals surface area contributed by atoms with Crippen molar-refractivity contribution in [2.75, 3.05) is 0 Å². The zero-order chi connectivity index (χ0) is 13.1. The maximum atomic E-state index is 2.44. The Kier molecular flexibility index (Phi) is 11.1. The number of hydrogen-bond donors (Lipinski definition) is 0. The van der Waals surface area contributed by atoms with Gasteiger partial charge < -0.3 is 0 Å². The minimum Gasteiger partial charge on any atom is -0.0654 e. The number of hydrogen-bond acceptors (Lipinski definition) is 0. The average Bonchev–Trinajstić information content (AvgIpc) is 2.30. The van der Waals surface area contributed by atoms with Crippen LogP contribution in [0.1, 0.15) is 92.4 Å². The molecule has 104 valence electrons. The number of rotatable bonds is 11. The Bertz CT molecular complexity index is 148. The summed E-state index contributed by atoms with van der Waals surface area (Å²) in [5.41, 5.74) is 0. The van der Waals surface area contributed by atoms with Crippen LogP contribution in [0.15, 0.2) is 0 Å². The second kappa shape index (κ2) is 11.1. The second-order valence-electron chi connectivity index (χ2n) is 6.31. The minimum absolute atomic E-state index is 0.856. The Hall–Kier alpha value is 0. The molecule has 0 saturated carbocycles. The summed E-state index contributed by atoms with van der Waals surface area (Å²) in [4.78, 5) is 0. The molecule has 0 rings (SSSR count). The van der Waals surface area contributed by atoms with Gasteiger partial charge in [0.2, 0.25) is 0 Å². The van der Waals surface area contributed by atoms with Crippen LogP contribution in [0, 0.1) is 17.8 Å². The number of unbranched alkanes of at least 4 members (excludes halogenated alkanes) is 4. The van der Waals surface area contributed by atoms with Gasteiger partial charge in [0.25, 0.3) is 0 Å². The quantitative estimate of drug-likeness (QED) is 0.364. The van der Waals surface area contributed by atoms with Crippen molar-refractivity contribution in [1.82, 2.24) is 0 Å². The molecule has 0 aliphatic heterocycles. The SMILES string of the molecule is CCCCCCC(CCCC)CC(C)C(C)C. The van der Waals surface area contributed by atoms with Crippen molar-refractivity contribution in [2.45, 2.75) is 92.4 Å². The third-order valence-corrected chi connectivity index (χ3v) is 4.28. The molecule has 0 aromatic carbocycles. The fourth-order valence-electron chi connectivity index (χ4n) is 2.53. The fourth-order valence-corrected chi connectivity index (χ4v) is 2.53. The lowest BCUT2D eigenvalue weighted by molar-refractivity contribution is 0.284. The monoisotopic (exact) mass is 240 g/mol. The Labute approximate surface area is 111 Å². The summed E-state index contributed by atoms with van der Waals surface area (Å²) in [5, 5.41) is 0. The summed E-state index contributed by atoms with van der Waals surface area (Å²) in [5.74, 6) is 2.77. The van der Waals surface area contributed by atoms with Crippen LogP contribution in [0.3, 0.4) is 0 Å². The van der Waals surface area contributed by atoms with E-state index in [2.05, 4.69) is 34.6 Å². The predicted octanol–water partition coefficient (Wildman–Crippen LogP) is 6.45. The summed E-state index contributed by atoms with van der Waals surface area (Å²) in [6.07, 6.45) is 12.9. The summed E-state index contributed by atoms with van der Waals surface area (Å²) < 4.78 is 0. The van der Waals surface area contributed by atoms with Gasteiger partial charge in [-0.3, -0.25) is 0 Å². The van der Waals surface area contributed by atoms with Crippen LogP contribution < -0.4 is 0 Å². The first-order valence-corrected chi connectivity index (χ1v) is 8.11. The van der Waals surface area contributed by atoms with E-state index in [1.54, 1.807) is 0 Å². The Morgan fingerprint density at radius 3 is 1.82 bits per heavy atom. The molecule has 0 spiro atoms. The molecule has 17 heavy (non-hydrogen) atoms. The first kappa shape index (κ1) is 17.0. The second-order valence-corrected chi connectivity index (χ2v) is 6.31. The molecule has 0 heterocycles. The van der Waals surface area contributed by atoms with Gasteiger partial charge in [-0.05, 0) is 24.2 Å². The first-order valence-electron chi connectivity index (χ1n) is 8.11. The molecular weight excluding hydrogens is 204 g/mol. The Balaban J connectivity index is 3.86. The van der Waals surface area contributed by atoms with Gasteiger partial charge in [0.05, 0.1) is 0 Å². The standard InChI is InChI=1S/C17H36/c1-6-8-10-11-13-17(12-9-7-2)14-16(5)15(3)4/h15-17H,6-14H2,1-5H3. The molecule has 0 nitrogen and oxygen atoms in total. The normalized spacial score (nSPS) is 15.2. The van der Waals surface area contributed by atoms with E-state index < -0.39 is 0 Å². The zero-order valence-corrected chi connectivity index (χ0v) is 13.1. The van der Waals surface area contributed by atoms with Crippen LogP contribution in [-0.2, 0) is 0 Å². The van der Waals surface area contributed by atoms with E-state index in [1.807, 2.05) is 0 Å². The van der Waals surface area contributed by atoms with Crippen LogP contribution in [0.4, 0.5) is 0 Å². The lowest BCUT2D eigenvalue weighted by Gasteiger charge is -2.23. The maximum Gasteiger partial charge on any atom is -0.0412 e. The molecule has 0 saturated heterocycles. The van der Waals surface area contributed by atoms with E-state index in [0.29, 0.717) is 0 Å². The van der Waals surface area contributed by atoms with Crippen LogP contribution in [0.5, 0.6) is 0 Å². The lowest BCUT2D eigenvalue weighted by atomic mass is 9.83. The molecule has 0 radical (unpaired) electrons. The van der Waals surface area contributed by atoms with Gasteiger partial charge in [-0.1, -0.05) is 86.0 Å². The molecule has 0 aliphatic rings. The molecule has 0 aromatic rings. The highest BCUT2D eigenvalue weighted by atomic mass is 14.2. The van der Waals surface area contributed by atoms with E-state index in [-0.39, 0.29) is 0 Å². The van der Waals surface area contributed by atoms with Crippen molar-refractivity contribution in [2.24, 2.45) is 17.8 Å². The minimum atomic E-state index is 0.856. The first-order chi connectivity index (χ1) is 8.11. The molecule has 0 heteroatoms. The molecule has 0 fully saturated rings. The summed E-state index contributed by atoms with van der Waals surface area (Å²) in [6, 6.07) is 0. The molecule has 2 unspecified atom stereocenters. The van der Waals surface area contributed by atoms with E-state index >= 15 is 0 Å². The van der Waals surface area contributed by atoms with E-state index in [9.17, 15) is 0 Å². The van der Waals surface area contributed by atoms with Gasteiger partial charge >= 0.3 is 0 Å². The summed E-state index contributed by atoms with van der Waals surface area (Å²) in [7, 11) is 0. The Morgan fingerprint density at radius 2 is 1.29 bits per heavy atom. The van der Waals surface area contributed by atoms with Gasteiger partial charge in [-0.2, -0.15) is 0 Å². The highest BCUT2D eigenvalue weighted by Gasteiger charge is 2.15. The third-order valence-electron chi connectivity index (χ3n) is 4.28. The van der Waals surface area contributed by atoms with Crippen LogP contribution in [-0.4, -0.2) is 0 Å². The lowest BCUT2D eigenvalue weighted by Crippen LogP contribution is -2.11. The van der Waals surface area contributed by atoms with Gasteiger partial charge in [-0.25, -0.2) is 0 Å². The van der Waals surface area contributed by atoms with Crippen molar-refractivity contribution in [3.8, 4) is 0 Å². The molecule has 2 atom stereocenters. The van der Waals surface area contributed by atoms with Crippen molar-refractivity contribution in [1.29, 1.82) is 0 Å². The van der Waals surface area contributed by atoms with E-state index in [0.717, 1.165) is 17.8 Å².